The molecule has 1 aliphatic heterocycles. The highest BCUT2D eigenvalue weighted by atomic mass is 35.5. The molecule has 108 valence electrons. The van der Waals surface area contributed by atoms with Crippen molar-refractivity contribution >= 4 is 36.4 Å². The smallest absolute Gasteiger partial charge is 0.244 e. The van der Waals surface area contributed by atoms with Gasteiger partial charge >= 0.3 is 0 Å². The van der Waals surface area contributed by atoms with Crippen molar-refractivity contribution < 1.29 is 4.79 Å². The topological polar surface area (TPSA) is 54.0 Å². The molecular weight excluding hydrogens is 285 g/mol. The quantitative estimate of drug-likeness (QED) is 0.903. The van der Waals surface area contributed by atoms with Gasteiger partial charge in [-0.3, -0.25) is 9.78 Å². The predicted molar refractivity (Wildman–Crippen MR) is 82.4 cm³/mol. The second-order valence-corrected chi connectivity index (χ2v) is 4.56. The summed E-state index contributed by atoms with van der Waals surface area (Å²) in [6.07, 6.45) is 4.52. The van der Waals surface area contributed by atoms with Gasteiger partial charge in [0.1, 0.15) is 0 Å². The van der Waals surface area contributed by atoms with Crippen LogP contribution in [0.1, 0.15) is 31.9 Å². The van der Waals surface area contributed by atoms with E-state index in [4.69, 9.17) is 0 Å². The third-order valence-electron chi connectivity index (χ3n) is 3.54. The molecule has 19 heavy (non-hydrogen) atoms. The molecule has 0 spiro atoms. The van der Waals surface area contributed by atoms with Gasteiger partial charge in [-0.25, -0.2) is 0 Å². The lowest BCUT2D eigenvalue weighted by molar-refractivity contribution is -0.122. The first-order valence-electron chi connectivity index (χ1n) is 6.16. The molecule has 0 aromatic carbocycles. The summed E-state index contributed by atoms with van der Waals surface area (Å²) < 4.78 is 0. The van der Waals surface area contributed by atoms with E-state index in [9.17, 15) is 4.79 Å². The van der Waals surface area contributed by atoms with Gasteiger partial charge in [0.25, 0.3) is 0 Å². The van der Waals surface area contributed by atoms with Crippen LogP contribution in [0.2, 0.25) is 0 Å². The van der Waals surface area contributed by atoms with Gasteiger partial charge in [-0.05, 0) is 44.9 Å². The summed E-state index contributed by atoms with van der Waals surface area (Å²) in [6.45, 7) is 4.87. The molecule has 1 aromatic rings. The Morgan fingerprint density at radius 3 is 2.79 bits per heavy atom. The SMILES string of the molecule is CCC1(C(=O)Nc2cccnc2C)CCCN1.Cl.Cl. The second-order valence-electron chi connectivity index (χ2n) is 4.56. The summed E-state index contributed by atoms with van der Waals surface area (Å²) in [5.41, 5.74) is 1.27. The number of amides is 1. The number of halogens is 2. The fourth-order valence-corrected chi connectivity index (χ4v) is 2.32. The molecular formula is C13H21Cl2N3O. The van der Waals surface area contributed by atoms with Gasteiger partial charge < -0.3 is 10.6 Å². The summed E-state index contributed by atoms with van der Waals surface area (Å²) in [4.78, 5) is 16.5. The van der Waals surface area contributed by atoms with E-state index in [0.717, 1.165) is 37.2 Å². The molecule has 1 atom stereocenters. The van der Waals surface area contributed by atoms with E-state index >= 15 is 0 Å². The number of anilines is 1. The van der Waals surface area contributed by atoms with Gasteiger partial charge in [0, 0.05) is 6.20 Å². The molecule has 1 aliphatic rings. The minimum atomic E-state index is -0.387. The van der Waals surface area contributed by atoms with E-state index in [2.05, 4.69) is 15.6 Å². The van der Waals surface area contributed by atoms with Gasteiger partial charge in [-0.15, -0.1) is 24.8 Å². The van der Waals surface area contributed by atoms with Gasteiger partial charge in [-0.2, -0.15) is 0 Å². The molecule has 4 nitrogen and oxygen atoms in total. The Bertz CT molecular complexity index is 420. The Balaban J connectivity index is 0.00000162. The fourth-order valence-electron chi connectivity index (χ4n) is 2.32. The fraction of sp³-hybridized carbons (Fsp3) is 0.538. The number of nitrogens with zero attached hydrogens (tertiary/aromatic N) is 1. The van der Waals surface area contributed by atoms with Crippen LogP contribution >= 0.6 is 24.8 Å². The number of aryl methyl sites for hydroxylation is 1. The number of aromatic nitrogens is 1. The molecule has 0 aliphatic carbocycles. The van der Waals surface area contributed by atoms with Gasteiger partial charge in [0.05, 0.1) is 16.9 Å². The average molecular weight is 306 g/mol. The number of carbonyl (C=O) groups excluding carboxylic acids is 1. The number of hydrogen-bond donors (Lipinski definition) is 2. The molecule has 2 N–H and O–H groups in total. The van der Waals surface area contributed by atoms with E-state index in [-0.39, 0.29) is 36.3 Å². The summed E-state index contributed by atoms with van der Waals surface area (Å²) in [5, 5.41) is 6.31. The Labute approximate surface area is 126 Å². The minimum Gasteiger partial charge on any atom is -0.323 e. The monoisotopic (exact) mass is 305 g/mol. The summed E-state index contributed by atoms with van der Waals surface area (Å²) in [6, 6.07) is 3.72. The van der Waals surface area contributed by atoms with Crippen LogP contribution in [0.4, 0.5) is 5.69 Å². The normalized spacial score (nSPS) is 21.2. The minimum absolute atomic E-state index is 0. The molecule has 2 heterocycles. The van der Waals surface area contributed by atoms with E-state index in [0.29, 0.717) is 0 Å². The van der Waals surface area contributed by atoms with Gasteiger partial charge in [0.15, 0.2) is 0 Å². The van der Waals surface area contributed by atoms with E-state index in [1.165, 1.54) is 0 Å². The maximum Gasteiger partial charge on any atom is 0.244 e. The van der Waals surface area contributed by atoms with E-state index in [1.54, 1.807) is 6.20 Å². The van der Waals surface area contributed by atoms with Crippen molar-refractivity contribution in [2.24, 2.45) is 0 Å². The van der Waals surface area contributed by atoms with Crippen LogP contribution < -0.4 is 10.6 Å². The van der Waals surface area contributed by atoms with E-state index in [1.807, 2.05) is 26.0 Å². The van der Waals surface area contributed by atoms with Crippen LogP contribution in [0.3, 0.4) is 0 Å². The van der Waals surface area contributed by atoms with Gasteiger partial charge in [0.2, 0.25) is 5.91 Å². The van der Waals surface area contributed by atoms with Crippen molar-refractivity contribution in [2.75, 3.05) is 11.9 Å². The van der Waals surface area contributed by atoms with Crippen LogP contribution in [-0.2, 0) is 4.79 Å². The highest BCUT2D eigenvalue weighted by molar-refractivity contribution is 5.98. The Hall–Kier alpha value is -0.840. The average Bonchev–Trinajstić information content (AvgIpc) is 2.82. The number of rotatable bonds is 3. The lowest BCUT2D eigenvalue weighted by atomic mass is 9.93. The van der Waals surface area contributed by atoms with Crippen molar-refractivity contribution in [3.05, 3.63) is 24.0 Å². The van der Waals surface area contributed by atoms with Crippen molar-refractivity contribution in [1.29, 1.82) is 0 Å². The van der Waals surface area contributed by atoms with Crippen LogP contribution in [0.25, 0.3) is 0 Å². The zero-order valence-corrected chi connectivity index (χ0v) is 12.9. The first-order valence-corrected chi connectivity index (χ1v) is 6.16. The lowest BCUT2D eigenvalue weighted by Crippen LogP contribution is -2.50. The molecule has 2 rings (SSSR count). The maximum absolute atomic E-state index is 12.3. The maximum atomic E-state index is 12.3. The zero-order valence-electron chi connectivity index (χ0n) is 11.2. The summed E-state index contributed by atoms with van der Waals surface area (Å²) in [5.74, 6) is 0.0635. The molecule has 0 saturated carbocycles. The number of nitrogens with one attached hydrogen (secondary N) is 2. The standard InChI is InChI=1S/C13H19N3O.2ClH/c1-3-13(7-5-9-15-13)12(17)16-11-6-4-8-14-10(11)2;;/h4,6,8,15H,3,5,7,9H2,1-2H3,(H,16,17);2*1H. The number of hydrogen-bond acceptors (Lipinski definition) is 3. The molecule has 1 amide bonds. The van der Waals surface area contributed by atoms with Crippen molar-refractivity contribution in [3.8, 4) is 0 Å². The summed E-state index contributed by atoms with van der Waals surface area (Å²) >= 11 is 0. The number of carbonyl (C=O) groups is 1. The molecule has 1 fully saturated rings. The summed E-state index contributed by atoms with van der Waals surface area (Å²) in [7, 11) is 0. The zero-order chi connectivity index (χ0) is 12.3. The highest BCUT2D eigenvalue weighted by Crippen LogP contribution is 2.25. The Kier molecular flexibility index (Phi) is 7.34. The Morgan fingerprint density at radius 1 is 1.53 bits per heavy atom. The molecule has 0 radical (unpaired) electrons. The second kappa shape index (κ2) is 7.68. The molecule has 1 unspecified atom stereocenters. The van der Waals surface area contributed by atoms with Crippen LogP contribution in [0.15, 0.2) is 18.3 Å². The van der Waals surface area contributed by atoms with Crippen LogP contribution in [-0.4, -0.2) is 23.0 Å². The third-order valence-corrected chi connectivity index (χ3v) is 3.54. The van der Waals surface area contributed by atoms with Crippen LogP contribution in [0.5, 0.6) is 0 Å². The Morgan fingerprint density at radius 2 is 2.26 bits per heavy atom. The van der Waals surface area contributed by atoms with Crippen molar-refractivity contribution in [3.63, 3.8) is 0 Å². The first-order chi connectivity index (χ1) is 8.18. The third kappa shape index (κ3) is 3.81. The van der Waals surface area contributed by atoms with Crippen LogP contribution in [0, 0.1) is 6.92 Å². The molecule has 1 saturated heterocycles. The van der Waals surface area contributed by atoms with Gasteiger partial charge in [-0.1, -0.05) is 6.92 Å². The van der Waals surface area contributed by atoms with Crippen molar-refractivity contribution in [2.45, 2.75) is 38.6 Å². The first kappa shape index (κ1) is 18.2. The molecule has 1 aromatic heterocycles. The van der Waals surface area contributed by atoms with E-state index < -0.39 is 0 Å². The molecule has 0 bridgehead atoms. The highest BCUT2D eigenvalue weighted by Gasteiger charge is 2.39. The lowest BCUT2D eigenvalue weighted by Gasteiger charge is -2.26. The largest absolute Gasteiger partial charge is 0.323 e. The number of pyridine rings is 1. The van der Waals surface area contributed by atoms with Crippen molar-refractivity contribution in [1.82, 2.24) is 10.3 Å². The predicted octanol–water partition coefficient (Wildman–Crippen LogP) is 2.70. The molecule has 6 heteroatoms.